The third-order valence-corrected chi connectivity index (χ3v) is 2.50. The minimum Gasteiger partial charge on any atom is -0.440 e. The Morgan fingerprint density at radius 1 is 1.44 bits per heavy atom. The van der Waals surface area contributed by atoms with E-state index in [1.54, 1.807) is 6.08 Å². The summed E-state index contributed by atoms with van der Waals surface area (Å²) in [7, 11) is 0. The number of hydrogen-bond acceptors (Lipinski definition) is 3. The molecule has 0 saturated carbocycles. The van der Waals surface area contributed by atoms with Crippen LogP contribution < -0.4 is 11.1 Å². The molecule has 0 aromatic heterocycles. The maximum absolute atomic E-state index is 11.0. The number of rotatable bonds is 2. The summed E-state index contributed by atoms with van der Waals surface area (Å²) in [6.45, 7) is 1.45. The largest absolute Gasteiger partial charge is 0.440 e. The molecule has 5 heteroatoms. The van der Waals surface area contributed by atoms with Crippen molar-refractivity contribution in [3.05, 3.63) is 12.2 Å². The van der Waals surface area contributed by atoms with Gasteiger partial charge in [0.25, 0.3) is 0 Å². The Balaban J connectivity index is 2.69. The van der Waals surface area contributed by atoms with Crippen LogP contribution in [-0.4, -0.2) is 24.1 Å². The van der Waals surface area contributed by atoms with E-state index in [9.17, 15) is 9.59 Å². The number of primary amides is 1. The molecule has 3 N–H and O–H groups in total. The van der Waals surface area contributed by atoms with Crippen molar-refractivity contribution in [2.75, 3.05) is 0 Å². The second kappa shape index (κ2) is 6.15. The highest BCUT2D eigenvalue weighted by Crippen LogP contribution is 2.15. The van der Waals surface area contributed by atoms with E-state index in [2.05, 4.69) is 5.32 Å². The molecule has 0 heterocycles. The first-order valence-corrected chi connectivity index (χ1v) is 5.49. The van der Waals surface area contributed by atoms with Crippen LogP contribution >= 0.6 is 0 Å². The molecule has 0 spiro atoms. The van der Waals surface area contributed by atoms with Crippen LogP contribution in [0.25, 0.3) is 0 Å². The SMILES string of the molecule is CC(=O)NC1CCCC/C=C/C1OC(N)=O. The van der Waals surface area contributed by atoms with Gasteiger partial charge in [0.15, 0.2) is 0 Å². The molecule has 0 fully saturated rings. The molecule has 0 radical (unpaired) electrons. The van der Waals surface area contributed by atoms with Gasteiger partial charge in [-0.25, -0.2) is 4.79 Å². The van der Waals surface area contributed by atoms with E-state index in [-0.39, 0.29) is 11.9 Å². The van der Waals surface area contributed by atoms with Gasteiger partial charge in [0.1, 0.15) is 6.10 Å². The summed E-state index contributed by atoms with van der Waals surface area (Å²) in [5.74, 6) is -0.128. The fourth-order valence-corrected chi connectivity index (χ4v) is 1.83. The first-order chi connectivity index (χ1) is 7.59. The highest BCUT2D eigenvalue weighted by atomic mass is 16.6. The minimum atomic E-state index is -0.814. The molecule has 0 aromatic carbocycles. The number of nitrogens with one attached hydrogen (secondary N) is 1. The zero-order chi connectivity index (χ0) is 12.0. The van der Waals surface area contributed by atoms with Crippen LogP contribution in [0, 0.1) is 0 Å². The molecule has 0 bridgehead atoms. The number of allylic oxidation sites excluding steroid dienone is 1. The highest BCUT2D eigenvalue weighted by Gasteiger charge is 2.23. The van der Waals surface area contributed by atoms with Gasteiger partial charge in [-0.05, 0) is 25.3 Å². The quantitative estimate of drug-likeness (QED) is 0.691. The van der Waals surface area contributed by atoms with E-state index in [0.717, 1.165) is 25.7 Å². The Kier molecular flexibility index (Phi) is 4.82. The van der Waals surface area contributed by atoms with Crippen LogP contribution in [0.4, 0.5) is 4.79 Å². The first-order valence-electron chi connectivity index (χ1n) is 5.49. The van der Waals surface area contributed by atoms with Gasteiger partial charge in [-0.2, -0.15) is 0 Å². The van der Waals surface area contributed by atoms with E-state index in [0.29, 0.717) is 0 Å². The highest BCUT2D eigenvalue weighted by molar-refractivity contribution is 5.73. The zero-order valence-corrected chi connectivity index (χ0v) is 9.44. The van der Waals surface area contributed by atoms with Crippen molar-refractivity contribution < 1.29 is 14.3 Å². The molecule has 1 rings (SSSR count). The molecular formula is C11H18N2O3. The lowest BCUT2D eigenvalue weighted by Crippen LogP contribution is -2.44. The second-order valence-corrected chi connectivity index (χ2v) is 3.92. The molecule has 1 aliphatic rings. The van der Waals surface area contributed by atoms with E-state index in [1.165, 1.54) is 6.92 Å². The van der Waals surface area contributed by atoms with E-state index >= 15 is 0 Å². The van der Waals surface area contributed by atoms with Gasteiger partial charge in [0, 0.05) is 6.92 Å². The average Bonchev–Trinajstić information content (AvgIpc) is 2.15. The molecule has 2 atom stereocenters. The topological polar surface area (TPSA) is 81.4 Å². The lowest BCUT2D eigenvalue weighted by molar-refractivity contribution is -0.120. The number of ether oxygens (including phenoxy) is 1. The Hall–Kier alpha value is -1.52. The maximum atomic E-state index is 11.0. The Morgan fingerprint density at radius 2 is 2.19 bits per heavy atom. The van der Waals surface area contributed by atoms with Crippen molar-refractivity contribution in [3.8, 4) is 0 Å². The molecule has 16 heavy (non-hydrogen) atoms. The number of hydrogen-bond donors (Lipinski definition) is 2. The summed E-state index contributed by atoms with van der Waals surface area (Å²) in [6.07, 6.45) is 6.32. The van der Waals surface area contributed by atoms with E-state index in [4.69, 9.17) is 10.5 Å². The Bertz CT molecular complexity index is 289. The summed E-state index contributed by atoms with van der Waals surface area (Å²) < 4.78 is 4.98. The van der Waals surface area contributed by atoms with Gasteiger partial charge in [0.2, 0.25) is 5.91 Å². The Morgan fingerprint density at radius 3 is 2.81 bits per heavy atom. The molecule has 5 nitrogen and oxygen atoms in total. The monoisotopic (exact) mass is 226 g/mol. The van der Waals surface area contributed by atoms with Crippen molar-refractivity contribution in [2.45, 2.75) is 44.8 Å². The number of carbonyl (C=O) groups is 2. The smallest absolute Gasteiger partial charge is 0.405 e. The molecular weight excluding hydrogens is 208 g/mol. The maximum Gasteiger partial charge on any atom is 0.405 e. The fourth-order valence-electron chi connectivity index (χ4n) is 1.83. The third kappa shape index (κ3) is 4.33. The van der Waals surface area contributed by atoms with Crippen LogP contribution in [0.1, 0.15) is 32.6 Å². The lowest BCUT2D eigenvalue weighted by atomic mass is 9.99. The predicted octanol–water partition coefficient (Wildman–Crippen LogP) is 1.09. The molecule has 2 unspecified atom stereocenters. The second-order valence-electron chi connectivity index (χ2n) is 3.92. The van der Waals surface area contributed by atoms with Crippen molar-refractivity contribution in [3.63, 3.8) is 0 Å². The molecule has 2 amide bonds. The molecule has 0 saturated heterocycles. The van der Waals surface area contributed by atoms with E-state index in [1.807, 2.05) is 6.08 Å². The molecule has 0 aromatic rings. The molecule has 1 aliphatic carbocycles. The van der Waals surface area contributed by atoms with Gasteiger partial charge >= 0.3 is 6.09 Å². The minimum absolute atomic E-state index is 0.128. The summed E-state index contributed by atoms with van der Waals surface area (Å²) >= 11 is 0. The summed E-state index contributed by atoms with van der Waals surface area (Å²) in [5.41, 5.74) is 5.00. The van der Waals surface area contributed by atoms with E-state index < -0.39 is 12.2 Å². The van der Waals surface area contributed by atoms with Crippen molar-refractivity contribution in [1.29, 1.82) is 0 Å². The van der Waals surface area contributed by atoms with Crippen LogP contribution in [-0.2, 0) is 9.53 Å². The normalized spacial score (nSPS) is 27.3. The summed E-state index contributed by atoms with van der Waals surface area (Å²) in [4.78, 5) is 21.8. The van der Waals surface area contributed by atoms with Crippen LogP contribution in [0.2, 0.25) is 0 Å². The van der Waals surface area contributed by atoms with Crippen LogP contribution in [0.3, 0.4) is 0 Å². The summed E-state index contributed by atoms with van der Waals surface area (Å²) in [5, 5.41) is 2.78. The van der Waals surface area contributed by atoms with Crippen molar-refractivity contribution in [1.82, 2.24) is 5.32 Å². The van der Waals surface area contributed by atoms with Gasteiger partial charge in [-0.15, -0.1) is 0 Å². The zero-order valence-electron chi connectivity index (χ0n) is 9.44. The average molecular weight is 226 g/mol. The molecule has 90 valence electrons. The lowest BCUT2D eigenvalue weighted by Gasteiger charge is -2.26. The third-order valence-electron chi connectivity index (χ3n) is 2.50. The van der Waals surface area contributed by atoms with Crippen LogP contribution in [0.15, 0.2) is 12.2 Å². The predicted molar refractivity (Wildman–Crippen MR) is 59.7 cm³/mol. The summed E-state index contributed by atoms with van der Waals surface area (Å²) in [6, 6.07) is -0.179. The van der Waals surface area contributed by atoms with Gasteiger partial charge in [-0.1, -0.05) is 12.5 Å². The van der Waals surface area contributed by atoms with Crippen molar-refractivity contribution >= 4 is 12.0 Å². The van der Waals surface area contributed by atoms with Gasteiger partial charge < -0.3 is 15.8 Å². The number of carbonyl (C=O) groups excluding carboxylic acids is 2. The fraction of sp³-hybridized carbons (Fsp3) is 0.636. The first kappa shape index (κ1) is 12.5. The van der Waals surface area contributed by atoms with Crippen LogP contribution in [0.5, 0.6) is 0 Å². The van der Waals surface area contributed by atoms with Crippen molar-refractivity contribution in [2.24, 2.45) is 5.73 Å². The number of nitrogens with two attached hydrogens (primary N) is 1. The van der Waals surface area contributed by atoms with Gasteiger partial charge in [0.05, 0.1) is 6.04 Å². The Labute approximate surface area is 95.0 Å². The molecule has 0 aliphatic heterocycles. The standard InChI is InChI=1S/C11H18N2O3/c1-8(14)13-9-6-4-2-3-5-7-10(9)16-11(12)15/h5,7,9-10H,2-4,6H2,1H3,(H2,12,15)(H,13,14)/b7-5+. The van der Waals surface area contributed by atoms with Gasteiger partial charge in [-0.3, -0.25) is 4.79 Å². The number of amides is 2.